The number of piperazine rings is 1. The van der Waals surface area contributed by atoms with E-state index in [2.05, 4.69) is 37.9 Å². The van der Waals surface area contributed by atoms with Crippen molar-refractivity contribution in [3.63, 3.8) is 0 Å². The van der Waals surface area contributed by atoms with Crippen molar-refractivity contribution in [3.05, 3.63) is 0 Å². The van der Waals surface area contributed by atoms with Crippen LogP contribution in [-0.2, 0) is 9.59 Å². The highest BCUT2D eigenvalue weighted by atomic mass is 16.3. The molecule has 1 aliphatic heterocycles. The number of amides is 2. The van der Waals surface area contributed by atoms with Crippen LogP contribution in [-0.4, -0.2) is 82.3 Å². The van der Waals surface area contributed by atoms with Gasteiger partial charge in [-0.2, -0.15) is 0 Å². The first-order chi connectivity index (χ1) is 21.0. The average Bonchev–Trinajstić information content (AvgIpc) is 3.63. The molecule has 0 radical (unpaired) electrons. The van der Waals surface area contributed by atoms with Crippen LogP contribution in [0.4, 0.5) is 0 Å². The molecule has 6 aliphatic rings. The maximum absolute atomic E-state index is 13.7. The smallest absolute Gasteiger partial charge is 0.245 e. The summed E-state index contributed by atoms with van der Waals surface area (Å²) in [7, 11) is 0. The molecule has 6 rings (SSSR count). The molecule has 0 unspecified atom stereocenters. The minimum absolute atomic E-state index is 0.0311. The van der Waals surface area contributed by atoms with Crippen LogP contribution in [0.15, 0.2) is 0 Å². The summed E-state index contributed by atoms with van der Waals surface area (Å²) in [5.74, 6) is 3.75. The predicted octanol–water partition coefficient (Wildman–Crippen LogP) is 5.37. The van der Waals surface area contributed by atoms with Gasteiger partial charge in [-0.05, 0) is 111 Å². The zero-order valence-corrected chi connectivity index (χ0v) is 28.3. The monoisotopic (exact) mass is 613 g/mol. The van der Waals surface area contributed by atoms with E-state index < -0.39 is 6.04 Å². The van der Waals surface area contributed by atoms with Gasteiger partial charge in [0.2, 0.25) is 11.8 Å². The Morgan fingerprint density at radius 3 is 2.30 bits per heavy atom. The Morgan fingerprint density at radius 1 is 0.886 bits per heavy atom. The van der Waals surface area contributed by atoms with Gasteiger partial charge in [0, 0.05) is 38.6 Å². The average molecular weight is 614 g/mol. The highest BCUT2D eigenvalue weighted by Gasteiger charge is 2.61. The van der Waals surface area contributed by atoms with Crippen LogP contribution < -0.4 is 5.32 Å². The van der Waals surface area contributed by atoms with Crippen molar-refractivity contribution in [1.82, 2.24) is 15.1 Å². The number of carbonyl (C=O) groups excluding carboxylic acids is 2. The normalized spacial score (nSPS) is 42.1. The van der Waals surface area contributed by atoms with E-state index in [1.54, 1.807) is 0 Å². The van der Waals surface area contributed by atoms with Gasteiger partial charge in [-0.25, -0.2) is 0 Å². The van der Waals surface area contributed by atoms with Gasteiger partial charge in [-0.15, -0.1) is 0 Å². The summed E-state index contributed by atoms with van der Waals surface area (Å²) < 4.78 is 0. The van der Waals surface area contributed by atoms with Gasteiger partial charge >= 0.3 is 0 Å². The Balaban J connectivity index is 1.06. The molecule has 1 saturated heterocycles. The molecule has 2 amide bonds. The molecule has 7 heteroatoms. The van der Waals surface area contributed by atoms with Gasteiger partial charge in [0.05, 0.1) is 12.2 Å². The largest absolute Gasteiger partial charge is 0.393 e. The topological polar surface area (TPSA) is 93.1 Å². The zero-order chi connectivity index (χ0) is 31.2. The Morgan fingerprint density at radius 2 is 1.59 bits per heavy atom. The fourth-order valence-corrected chi connectivity index (χ4v) is 11.7. The minimum atomic E-state index is -0.442. The van der Waals surface area contributed by atoms with Crippen molar-refractivity contribution in [1.29, 1.82) is 0 Å². The van der Waals surface area contributed by atoms with Crippen LogP contribution in [0.1, 0.15) is 124 Å². The van der Waals surface area contributed by atoms with E-state index in [1.807, 2.05) is 4.90 Å². The standard InChI is InChI=1S/C37H63N3O4/c1-24(2)21-30(38-34(43)14-9-25-7-5-6-8-25)35(44)40-19-17-39(18-20-40)31-23-37(4)26(22-32(31)41)10-11-27-28-12-13-33(42)36(28,3)16-15-29(27)37/h24-33,41-42H,5-23H2,1-4H3,(H,38,43)/t26-,27-,28-,29-,30-,31-,32-,33-,36-,37-/m0/s1. The minimum Gasteiger partial charge on any atom is -0.393 e. The lowest BCUT2D eigenvalue weighted by Gasteiger charge is -2.62. The molecular weight excluding hydrogens is 550 g/mol. The number of aliphatic hydroxyl groups excluding tert-OH is 2. The van der Waals surface area contributed by atoms with Gasteiger partial charge in [0.15, 0.2) is 0 Å². The van der Waals surface area contributed by atoms with Crippen molar-refractivity contribution in [2.75, 3.05) is 26.2 Å². The summed E-state index contributed by atoms with van der Waals surface area (Å²) in [4.78, 5) is 31.1. The third-order valence-electron chi connectivity index (χ3n) is 14.3. The first-order valence-electron chi connectivity index (χ1n) is 18.7. The molecule has 3 N–H and O–H groups in total. The number of hydrogen-bond acceptors (Lipinski definition) is 5. The summed E-state index contributed by atoms with van der Waals surface area (Å²) in [6.45, 7) is 12.1. The first-order valence-corrected chi connectivity index (χ1v) is 18.7. The molecule has 0 aromatic carbocycles. The van der Waals surface area contributed by atoms with E-state index in [-0.39, 0.29) is 40.9 Å². The summed E-state index contributed by atoms with van der Waals surface area (Å²) in [5.41, 5.74) is 0.337. The Labute approximate surface area is 267 Å². The van der Waals surface area contributed by atoms with Crippen molar-refractivity contribution in [2.45, 2.75) is 148 Å². The van der Waals surface area contributed by atoms with Crippen molar-refractivity contribution >= 4 is 11.8 Å². The van der Waals surface area contributed by atoms with Gasteiger partial charge in [0.25, 0.3) is 0 Å². The van der Waals surface area contributed by atoms with Crippen molar-refractivity contribution in [2.24, 2.45) is 46.3 Å². The predicted molar refractivity (Wildman–Crippen MR) is 174 cm³/mol. The van der Waals surface area contributed by atoms with E-state index in [1.165, 1.54) is 51.4 Å². The second-order valence-corrected chi connectivity index (χ2v) is 17.2. The van der Waals surface area contributed by atoms with Gasteiger partial charge in [-0.3, -0.25) is 14.5 Å². The number of hydrogen-bond donors (Lipinski definition) is 3. The lowest BCUT2D eigenvalue weighted by molar-refractivity contribution is -0.157. The molecule has 5 saturated carbocycles. The number of nitrogens with zero attached hydrogens (tertiary/aromatic N) is 2. The molecule has 0 aromatic heterocycles. The SMILES string of the molecule is CC(C)C[C@H](NC(=O)CCC1CCCC1)C(=O)N1CCN([C@H]2C[C@@]3(C)[C@@H](CC[C@@H]4[C@@H]3CC[C@]3(C)[C@@H](O)CC[C@@H]43)C[C@@H]2O)CC1. The Kier molecular flexibility index (Phi) is 9.78. The number of nitrogens with one attached hydrogen (secondary N) is 1. The number of fused-ring (bicyclic) bond motifs is 5. The highest BCUT2D eigenvalue weighted by Crippen LogP contribution is 2.66. The molecule has 44 heavy (non-hydrogen) atoms. The molecule has 1 heterocycles. The van der Waals surface area contributed by atoms with Crippen LogP contribution in [0.2, 0.25) is 0 Å². The first kappa shape index (κ1) is 32.7. The molecule has 5 aliphatic carbocycles. The second-order valence-electron chi connectivity index (χ2n) is 17.2. The summed E-state index contributed by atoms with van der Waals surface area (Å²) in [6, 6.07) is -0.292. The van der Waals surface area contributed by atoms with E-state index in [4.69, 9.17) is 0 Å². The summed E-state index contributed by atoms with van der Waals surface area (Å²) in [5, 5.41) is 25.5. The molecule has 0 aromatic rings. The maximum Gasteiger partial charge on any atom is 0.245 e. The molecule has 6 fully saturated rings. The zero-order valence-electron chi connectivity index (χ0n) is 28.3. The number of carbonyl (C=O) groups is 2. The molecular formula is C37H63N3O4. The van der Waals surface area contributed by atoms with Crippen LogP contribution in [0.25, 0.3) is 0 Å². The fourth-order valence-electron chi connectivity index (χ4n) is 11.7. The van der Waals surface area contributed by atoms with E-state index >= 15 is 0 Å². The van der Waals surface area contributed by atoms with Crippen molar-refractivity contribution < 1.29 is 19.8 Å². The van der Waals surface area contributed by atoms with Gasteiger partial charge in [-0.1, -0.05) is 53.4 Å². The molecule has 10 atom stereocenters. The Hall–Kier alpha value is -1.18. The van der Waals surface area contributed by atoms with E-state index in [0.717, 1.165) is 45.2 Å². The highest BCUT2D eigenvalue weighted by molar-refractivity contribution is 5.87. The van der Waals surface area contributed by atoms with Crippen LogP contribution in [0.3, 0.4) is 0 Å². The van der Waals surface area contributed by atoms with Crippen LogP contribution in [0, 0.1) is 46.3 Å². The fraction of sp³-hybridized carbons (Fsp3) is 0.946. The number of aliphatic hydroxyl groups is 2. The molecule has 7 nitrogen and oxygen atoms in total. The number of rotatable bonds is 8. The summed E-state index contributed by atoms with van der Waals surface area (Å²) >= 11 is 0. The van der Waals surface area contributed by atoms with E-state index in [9.17, 15) is 19.8 Å². The lowest BCUT2D eigenvalue weighted by atomic mass is 9.44. The molecule has 250 valence electrons. The van der Waals surface area contributed by atoms with Crippen LogP contribution in [0.5, 0.6) is 0 Å². The molecule has 0 spiro atoms. The van der Waals surface area contributed by atoms with Crippen molar-refractivity contribution in [3.8, 4) is 0 Å². The Bertz CT molecular complexity index is 1020. The summed E-state index contributed by atoms with van der Waals surface area (Å²) in [6.07, 6.45) is 15.7. The van der Waals surface area contributed by atoms with Gasteiger partial charge in [0.1, 0.15) is 6.04 Å². The van der Waals surface area contributed by atoms with Crippen LogP contribution >= 0.6 is 0 Å². The third-order valence-corrected chi connectivity index (χ3v) is 14.3. The molecule has 0 bridgehead atoms. The van der Waals surface area contributed by atoms with E-state index in [0.29, 0.717) is 61.4 Å². The lowest BCUT2D eigenvalue weighted by Crippen LogP contribution is -2.63. The van der Waals surface area contributed by atoms with Gasteiger partial charge < -0.3 is 20.4 Å². The third kappa shape index (κ3) is 6.24. The quantitative estimate of drug-likeness (QED) is 0.342. The second kappa shape index (κ2) is 13.1. The maximum atomic E-state index is 13.7.